The first-order valence-corrected chi connectivity index (χ1v) is 11.6. The number of rotatable bonds is 7. The molecular formula is C28H23ClFN3O2. The zero-order valence-corrected chi connectivity index (χ0v) is 19.8. The molecule has 2 aromatic carbocycles. The minimum Gasteiger partial charge on any atom is -0.469 e. The summed E-state index contributed by atoms with van der Waals surface area (Å²) in [5.41, 5.74) is 4.57. The van der Waals surface area contributed by atoms with Crippen LogP contribution in [0, 0.1) is 5.82 Å². The van der Waals surface area contributed by atoms with Crippen LogP contribution in [-0.2, 0) is 19.4 Å². The molecule has 3 heterocycles. The van der Waals surface area contributed by atoms with Gasteiger partial charge in [0.25, 0.3) is 5.91 Å². The number of nitrogens with zero attached hydrogens (tertiary/aromatic N) is 2. The van der Waals surface area contributed by atoms with Crippen molar-refractivity contribution in [1.82, 2.24) is 14.9 Å². The Kier molecular flexibility index (Phi) is 6.38. The number of aromatic amines is 1. The van der Waals surface area contributed by atoms with Crippen LogP contribution in [-0.4, -0.2) is 27.8 Å². The molecule has 176 valence electrons. The van der Waals surface area contributed by atoms with E-state index in [2.05, 4.69) is 34.2 Å². The number of fused-ring (bicyclic) bond motifs is 1. The monoisotopic (exact) mass is 487 g/mol. The number of H-pyrrole nitrogens is 1. The predicted molar refractivity (Wildman–Crippen MR) is 134 cm³/mol. The van der Waals surface area contributed by atoms with Crippen molar-refractivity contribution in [2.24, 2.45) is 0 Å². The van der Waals surface area contributed by atoms with Crippen LogP contribution in [0.3, 0.4) is 0 Å². The van der Waals surface area contributed by atoms with E-state index in [0.717, 1.165) is 34.4 Å². The minimum absolute atomic E-state index is 0.122. The number of aromatic nitrogens is 2. The third kappa shape index (κ3) is 5.12. The summed E-state index contributed by atoms with van der Waals surface area (Å²) in [6.45, 7) is 0.122. The Hall–Kier alpha value is -3.90. The lowest BCUT2D eigenvalue weighted by atomic mass is 10.0. The lowest BCUT2D eigenvalue weighted by molar-refractivity contribution is 0.0783. The second-order valence-electron chi connectivity index (χ2n) is 8.57. The van der Waals surface area contributed by atoms with E-state index in [1.165, 1.54) is 11.0 Å². The molecule has 0 spiro atoms. The average molecular weight is 488 g/mol. The Labute approximate surface area is 207 Å². The van der Waals surface area contributed by atoms with E-state index in [1.54, 1.807) is 43.9 Å². The zero-order chi connectivity index (χ0) is 24.4. The minimum atomic E-state index is -0.387. The second kappa shape index (κ2) is 9.76. The van der Waals surface area contributed by atoms with Gasteiger partial charge in [-0.1, -0.05) is 35.9 Å². The number of carbonyl (C=O) groups is 1. The highest BCUT2D eigenvalue weighted by Gasteiger charge is 2.16. The van der Waals surface area contributed by atoms with E-state index >= 15 is 0 Å². The van der Waals surface area contributed by atoms with Crippen LogP contribution in [0.1, 0.15) is 38.5 Å². The van der Waals surface area contributed by atoms with Gasteiger partial charge in [-0.25, -0.2) is 4.39 Å². The maximum absolute atomic E-state index is 14.6. The summed E-state index contributed by atoms with van der Waals surface area (Å²) in [7, 11) is 1.66. The van der Waals surface area contributed by atoms with Crippen LogP contribution in [0.15, 0.2) is 83.7 Å². The van der Waals surface area contributed by atoms with Gasteiger partial charge in [0.15, 0.2) is 0 Å². The molecule has 1 amide bonds. The lowest BCUT2D eigenvalue weighted by Gasteiger charge is -2.18. The molecule has 0 aliphatic carbocycles. The molecule has 0 saturated carbocycles. The largest absolute Gasteiger partial charge is 0.469 e. The van der Waals surface area contributed by atoms with Crippen molar-refractivity contribution in [3.8, 4) is 0 Å². The number of benzene rings is 2. The SMILES string of the molecule is CN(Cc1cc2c(Cl)c[nH]c2cc1F)C(=O)c1ccnc(Cc2ccc(Cc3ccco3)cc2)c1. The normalized spacial score (nSPS) is 11.2. The van der Waals surface area contributed by atoms with E-state index in [4.69, 9.17) is 16.0 Å². The summed E-state index contributed by atoms with van der Waals surface area (Å²) >= 11 is 6.17. The van der Waals surface area contributed by atoms with Gasteiger partial charge in [0.05, 0.1) is 11.3 Å². The van der Waals surface area contributed by atoms with Crippen molar-refractivity contribution in [2.45, 2.75) is 19.4 Å². The molecule has 0 aliphatic heterocycles. The Morgan fingerprint density at radius 3 is 2.60 bits per heavy atom. The number of furan rings is 1. The van der Waals surface area contributed by atoms with Crippen molar-refractivity contribution in [3.05, 3.63) is 124 Å². The molecule has 0 fully saturated rings. The number of carbonyl (C=O) groups excluding carboxylic acids is 1. The number of hydrogen-bond acceptors (Lipinski definition) is 3. The Balaban J connectivity index is 1.27. The predicted octanol–water partition coefficient (Wildman–Crippen LogP) is 6.40. The molecule has 0 aliphatic rings. The molecule has 5 rings (SSSR count). The topological polar surface area (TPSA) is 62.1 Å². The van der Waals surface area contributed by atoms with Gasteiger partial charge in [0.2, 0.25) is 0 Å². The van der Waals surface area contributed by atoms with Crippen molar-refractivity contribution in [2.75, 3.05) is 7.05 Å². The first-order chi connectivity index (χ1) is 17.0. The fraction of sp³-hybridized carbons (Fsp3) is 0.143. The maximum atomic E-state index is 14.6. The first kappa shape index (κ1) is 22.9. The van der Waals surface area contributed by atoms with E-state index in [1.807, 2.05) is 12.1 Å². The molecule has 7 heteroatoms. The van der Waals surface area contributed by atoms with Crippen LogP contribution in [0.2, 0.25) is 5.02 Å². The average Bonchev–Trinajstić information content (AvgIpc) is 3.50. The smallest absolute Gasteiger partial charge is 0.254 e. The van der Waals surface area contributed by atoms with Crippen LogP contribution in [0.5, 0.6) is 0 Å². The lowest BCUT2D eigenvalue weighted by Crippen LogP contribution is -2.26. The zero-order valence-electron chi connectivity index (χ0n) is 19.1. The van der Waals surface area contributed by atoms with Crippen molar-refractivity contribution in [1.29, 1.82) is 0 Å². The highest BCUT2D eigenvalue weighted by atomic mass is 35.5. The van der Waals surface area contributed by atoms with Gasteiger partial charge < -0.3 is 14.3 Å². The van der Waals surface area contributed by atoms with Gasteiger partial charge >= 0.3 is 0 Å². The molecule has 5 aromatic rings. The van der Waals surface area contributed by atoms with Gasteiger partial charge in [0.1, 0.15) is 11.6 Å². The number of nitrogens with one attached hydrogen (secondary N) is 1. The van der Waals surface area contributed by atoms with Gasteiger partial charge in [-0.2, -0.15) is 0 Å². The Morgan fingerprint density at radius 2 is 1.86 bits per heavy atom. The van der Waals surface area contributed by atoms with Gasteiger partial charge in [-0.05, 0) is 47.5 Å². The Bertz CT molecular complexity index is 1480. The molecule has 0 atom stereocenters. The van der Waals surface area contributed by atoms with Crippen LogP contribution in [0.4, 0.5) is 4.39 Å². The highest BCUT2D eigenvalue weighted by Crippen LogP contribution is 2.26. The van der Waals surface area contributed by atoms with Gasteiger partial charge in [-0.3, -0.25) is 9.78 Å². The summed E-state index contributed by atoms with van der Waals surface area (Å²) in [6, 6.07) is 18.7. The quantitative estimate of drug-likeness (QED) is 0.289. The molecule has 0 saturated heterocycles. The summed E-state index contributed by atoms with van der Waals surface area (Å²) in [4.78, 5) is 21.9. The van der Waals surface area contributed by atoms with Crippen LogP contribution in [0.25, 0.3) is 10.9 Å². The van der Waals surface area contributed by atoms with E-state index < -0.39 is 0 Å². The number of pyridine rings is 1. The molecular weight excluding hydrogens is 465 g/mol. The fourth-order valence-electron chi connectivity index (χ4n) is 4.13. The first-order valence-electron chi connectivity index (χ1n) is 11.2. The number of halogens is 2. The van der Waals surface area contributed by atoms with Gasteiger partial charge in [-0.15, -0.1) is 0 Å². The number of amides is 1. The van der Waals surface area contributed by atoms with Crippen LogP contribution >= 0.6 is 11.6 Å². The molecule has 0 unspecified atom stereocenters. The third-order valence-electron chi connectivity index (χ3n) is 5.98. The standard InChI is InChI=1S/C28H23ClFN3O2/c1-33(17-21-14-24-25(29)16-32-27(24)15-26(21)30)28(34)20-8-9-31-22(13-20)11-18-4-6-19(7-5-18)12-23-3-2-10-35-23/h2-10,13-16,32H,11-12,17H2,1H3. The molecule has 1 N–H and O–H groups in total. The van der Waals surface area contributed by atoms with Crippen molar-refractivity contribution < 1.29 is 13.6 Å². The molecule has 5 nitrogen and oxygen atoms in total. The third-order valence-corrected chi connectivity index (χ3v) is 6.30. The summed E-state index contributed by atoms with van der Waals surface area (Å²) in [6.07, 6.45) is 6.27. The summed E-state index contributed by atoms with van der Waals surface area (Å²) in [5, 5.41) is 1.24. The van der Waals surface area contributed by atoms with E-state index in [0.29, 0.717) is 28.1 Å². The molecule has 0 radical (unpaired) electrons. The summed E-state index contributed by atoms with van der Waals surface area (Å²) in [5.74, 6) is 0.328. The molecule has 35 heavy (non-hydrogen) atoms. The van der Waals surface area contributed by atoms with E-state index in [9.17, 15) is 9.18 Å². The van der Waals surface area contributed by atoms with Gasteiger partial charge in [0, 0.05) is 66.6 Å². The van der Waals surface area contributed by atoms with Crippen molar-refractivity contribution in [3.63, 3.8) is 0 Å². The maximum Gasteiger partial charge on any atom is 0.254 e. The molecule has 0 bridgehead atoms. The van der Waals surface area contributed by atoms with Crippen LogP contribution < -0.4 is 0 Å². The molecule has 3 aromatic heterocycles. The number of hydrogen-bond donors (Lipinski definition) is 1. The van der Waals surface area contributed by atoms with Crippen molar-refractivity contribution >= 4 is 28.4 Å². The fourth-order valence-corrected chi connectivity index (χ4v) is 4.34. The summed E-state index contributed by atoms with van der Waals surface area (Å²) < 4.78 is 20.0. The highest BCUT2D eigenvalue weighted by molar-refractivity contribution is 6.35. The van der Waals surface area contributed by atoms with E-state index in [-0.39, 0.29) is 18.3 Å². The second-order valence-corrected chi connectivity index (χ2v) is 8.98. The Morgan fingerprint density at radius 1 is 1.09 bits per heavy atom.